The van der Waals surface area contributed by atoms with Gasteiger partial charge in [-0.1, -0.05) is 30.3 Å². The fraction of sp³-hybridized carbons (Fsp3) is 0.0833. The Balaban J connectivity index is 1.76. The van der Waals surface area contributed by atoms with Gasteiger partial charge in [0.1, 0.15) is 17.2 Å². The lowest BCUT2D eigenvalue weighted by molar-refractivity contribution is -0.112. The molecule has 4 aromatic rings. The number of ether oxygens (including phenoxy) is 2. The number of nitrogens with one attached hydrogen (secondary N) is 1. The van der Waals surface area contributed by atoms with Crippen molar-refractivity contribution in [3.05, 3.63) is 84.7 Å². The minimum atomic E-state index is -0.722. The van der Waals surface area contributed by atoms with Gasteiger partial charge in [0.15, 0.2) is 0 Å². The highest BCUT2D eigenvalue weighted by atomic mass is 16.5. The number of ketones is 1. The number of hydrogen-bond acceptors (Lipinski definition) is 4. The summed E-state index contributed by atoms with van der Waals surface area (Å²) in [7, 11) is 3.12. The first-order valence-corrected chi connectivity index (χ1v) is 9.35. The summed E-state index contributed by atoms with van der Waals surface area (Å²) in [5.41, 5.74) is 3.10. The Labute approximate surface area is 173 Å². The molecule has 30 heavy (non-hydrogen) atoms. The third kappa shape index (κ3) is 3.63. The fourth-order valence-electron chi connectivity index (χ4n) is 3.31. The second-order valence-electron chi connectivity index (χ2n) is 6.65. The summed E-state index contributed by atoms with van der Waals surface area (Å²) < 4.78 is 12.1. The number of methoxy groups -OCH3 is 2. The Hall–Kier alpha value is -4.06. The standard InChI is InChI=1S/C24H20N2O4/c1-29-19-11-8-17(9-12-19)25-24(28)23(27)22-21(16-6-4-3-5-7-16)14-18-10-13-20(30-2)15-26(18)22/h3-15H,1-2H3,(H,25,28). The van der Waals surface area contributed by atoms with Crippen LogP contribution in [0.2, 0.25) is 0 Å². The van der Waals surface area contributed by atoms with Gasteiger partial charge in [-0.3, -0.25) is 9.59 Å². The van der Waals surface area contributed by atoms with Crippen LogP contribution in [0.15, 0.2) is 79.0 Å². The second-order valence-corrected chi connectivity index (χ2v) is 6.65. The van der Waals surface area contributed by atoms with Crippen LogP contribution >= 0.6 is 0 Å². The molecule has 0 unspecified atom stereocenters. The van der Waals surface area contributed by atoms with Crippen LogP contribution < -0.4 is 14.8 Å². The Bertz CT molecular complexity index is 1210. The minimum Gasteiger partial charge on any atom is -0.497 e. The first-order chi connectivity index (χ1) is 14.6. The second kappa shape index (κ2) is 8.13. The molecule has 0 aliphatic heterocycles. The van der Waals surface area contributed by atoms with Crippen molar-refractivity contribution in [1.82, 2.24) is 4.40 Å². The Morgan fingerprint density at radius 2 is 1.50 bits per heavy atom. The van der Waals surface area contributed by atoms with E-state index in [9.17, 15) is 9.59 Å². The molecule has 1 N–H and O–H groups in total. The van der Waals surface area contributed by atoms with Crippen molar-refractivity contribution in [1.29, 1.82) is 0 Å². The van der Waals surface area contributed by atoms with Crippen molar-refractivity contribution < 1.29 is 19.1 Å². The lowest BCUT2D eigenvalue weighted by atomic mass is 10.0. The predicted molar refractivity (Wildman–Crippen MR) is 115 cm³/mol. The number of carbonyl (C=O) groups is 2. The number of anilines is 1. The molecule has 2 aromatic heterocycles. The van der Waals surface area contributed by atoms with Gasteiger partial charge in [0, 0.05) is 16.8 Å². The van der Waals surface area contributed by atoms with Gasteiger partial charge in [0.2, 0.25) is 0 Å². The average molecular weight is 400 g/mol. The lowest BCUT2D eigenvalue weighted by Gasteiger charge is -2.09. The van der Waals surface area contributed by atoms with Crippen molar-refractivity contribution >= 4 is 22.9 Å². The van der Waals surface area contributed by atoms with Crippen LogP contribution in [-0.2, 0) is 4.79 Å². The molecule has 0 fully saturated rings. The molecule has 6 heteroatoms. The zero-order valence-corrected chi connectivity index (χ0v) is 16.6. The maximum Gasteiger partial charge on any atom is 0.298 e. The number of pyridine rings is 1. The smallest absolute Gasteiger partial charge is 0.298 e. The van der Waals surface area contributed by atoms with Gasteiger partial charge in [-0.2, -0.15) is 0 Å². The molecule has 0 atom stereocenters. The molecule has 0 aliphatic rings. The largest absolute Gasteiger partial charge is 0.497 e. The van der Waals surface area contributed by atoms with Crippen molar-refractivity contribution in [2.45, 2.75) is 0 Å². The summed E-state index contributed by atoms with van der Waals surface area (Å²) in [6.45, 7) is 0. The molecule has 0 saturated carbocycles. The number of fused-ring (bicyclic) bond motifs is 1. The SMILES string of the molecule is COc1ccc(NC(=O)C(=O)c2c(-c3ccccc3)cc3ccc(OC)cn23)cc1. The number of aromatic nitrogens is 1. The number of nitrogens with zero attached hydrogens (tertiary/aromatic N) is 1. The molecule has 2 heterocycles. The topological polar surface area (TPSA) is 69.0 Å². The van der Waals surface area contributed by atoms with E-state index in [0.29, 0.717) is 22.7 Å². The number of hydrogen-bond donors (Lipinski definition) is 1. The van der Waals surface area contributed by atoms with Crippen molar-refractivity contribution in [3.63, 3.8) is 0 Å². The van der Waals surface area contributed by atoms with E-state index in [4.69, 9.17) is 9.47 Å². The first-order valence-electron chi connectivity index (χ1n) is 9.35. The molecule has 0 saturated heterocycles. The van der Waals surface area contributed by atoms with Crippen molar-refractivity contribution in [2.24, 2.45) is 0 Å². The van der Waals surface area contributed by atoms with E-state index < -0.39 is 11.7 Å². The molecule has 6 nitrogen and oxygen atoms in total. The van der Waals surface area contributed by atoms with Crippen LogP contribution in [0, 0.1) is 0 Å². The van der Waals surface area contributed by atoms with Crippen LogP contribution in [0.25, 0.3) is 16.6 Å². The molecular formula is C24H20N2O4. The van der Waals surface area contributed by atoms with Gasteiger partial charge in [0.25, 0.3) is 11.7 Å². The van der Waals surface area contributed by atoms with Gasteiger partial charge in [-0.25, -0.2) is 0 Å². The molecule has 150 valence electrons. The highest BCUT2D eigenvalue weighted by molar-refractivity contribution is 6.47. The third-order valence-corrected chi connectivity index (χ3v) is 4.83. The van der Waals surface area contributed by atoms with E-state index in [2.05, 4.69) is 5.32 Å². The van der Waals surface area contributed by atoms with Crippen LogP contribution in [0.1, 0.15) is 10.5 Å². The van der Waals surface area contributed by atoms with Crippen LogP contribution in [-0.4, -0.2) is 30.3 Å². The van der Waals surface area contributed by atoms with E-state index in [1.807, 2.05) is 48.5 Å². The van der Waals surface area contributed by atoms with E-state index in [0.717, 1.165) is 11.1 Å². The quantitative estimate of drug-likeness (QED) is 0.384. The van der Waals surface area contributed by atoms with Crippen molar-refractivity contribution in [2.75, 3.05) is 19.5 Å². The van der Waals surface area contributed by atoms with Gasteiger partial charge in [-0.15, -0.1) is 0 Å². The molecular weight excluding hydrogens is 380 g/mol. The van der Waals surface area contributed by atoms with E-state index >= 15 is 0 Å². The summed E-state index contributed by atoms with van der Waals surface area (Å²) in [6.07, 6.45) is 1.70. The lowest BCUT2D eigenvalue weighted by Crippen LogP contribution is -2.24. The minimum absolute atomic E-state index is 0.279. The van der Waals surface area contributed by atoms with E-state index in [1.165, 1.54) is 0 Å². The highest BCUT2D eigenvalue weighted by Gasteiger charge is 2.25. The van der Waals surface area contributed by atoms with Crippen molar-refractivity contribution in [3.8, 4) is 22.6 Å². The molecule has 1 amide bonds. The van der Waals surface area contributed by atoms with Gasteiger partial charge in [0.05, 0.1) is 20.4 Å². The first kappa shape index (κ1) is 19.3. The van der Waals surface area contributed by atoms with Gasteiger partial charge in [-0.05, 0) is 48.0 Å². The third-order valence-electron chi connectivity index (χ3n) is 4.83. The highest BCUT2D eigenvalue weighted by Crippen LogP contribution is 2.30. The van der Waals surface area contributed by atoms with Crippen LogP contribution in [0.5, 0.6) is 11.5 Å². The Morgan fingerprint density at radius 1 is 0.833 bits per heavy atom. The molecule has 4 rings (SSSR count). The Morgan fingerprint density at radius 3 is 2.17 bits per heavy atom. The molecule has 0 bridgehead atoms. The molecule has 0 aliphatic carbocycles. The molecule has 0 radical (unpaired) electrons. The summed E-state index contributed by atoms with van der Waals surface area (Å²) in [6, 6.07) is 21.9. The number of rotatable bonds is 6. The van der Waals surface area contributed by atoms with E-state index in [1.54, 1.807) is 49.1 Å². The van der Waals surface area contributed by atoms with Crippen LogP contribution in [0.3, 0.4) is 0 Å². The number of Topliss-reactive ketones (excluding diaryl/α,β-unsaturated/α-hetero) is 1. The summed E-state index contributed by atoms with van der Waals surface area (Å²) in [5, 5.41) is 2.66. The number of amides is 1. The van der Waals surface area contributed by atoms with E-state index in [-0.39, 0.29) is 5.69 Å². The normalized spacial score (nSPS) is 10.6. The van der Waals surface area contributed by atoms with Crippen LogP contribution in [0.4, 0.5) is 5.69 Å². The zero-order chi connectivity index (χ0) is 21.1. The van der Waals surface area contributed by atoms with Gasteiger partial charge < -0.3 is 19.2 Å². The fourth-order valence-corrected chi connectivity index (χ4v) is 3.31. The summed E-state index contributed by atoms with van der Waals surface area (Å²) in [4.78, 5) is 26.1. The number of carbonyl (C=O) groups excluding carboxylic acids is 2. The Kier molecular flexibility index (Phi) is 5.22. The number of benzene rings is 2. The summed E-state index contributed by atoms with van der Waals surface area (Å²) in [5.74, 6) is -0.115. The zero-order valence-electron chi connectivity index (χ0n) is 16.6. The average Bonchev–Trinajstić information content (AvgIpc) is 3.18. The summed E-state index contributed by atoms with van der Waals surface area (Å²) >= 11 is 0. The maximum absolute atomic E-state index is 13.2. The maximum atomic E-state index is 13.2. The predicted octanol–water partition coefficient (Wildman–Crippen LogP) is 4.44. The molecule has 0 spiro atoms. The van der Waals surface area contributed by atoms with Gasteiger partial charge >= 0.3 is 0 Å². The molecule has 2 aromatic carbocycles. The monoisotopic (exact) mass is 400 g/mol.